The predicted molar refractivity (Wildman–Crippen MR) is 47.3 cm³/mol. The Bertz CT molecular complexity index is 216. The summed E-state index contributed by atoms with van der Waals surface area (Å²) in [4.78, 5) is 8.50. The van der Waals surface area contributed by atoms with Crippen LogP contribution in [-0.2, 0) is 4.74 Å². The van der Waals surface area contributed by atoms with Crippen LogP contribution < -0.4 is 0 Å². The Morgan fingerprint density at radius 1 is 1.42 bits per heavy atom. The Morgan fingerprint density at radius 2 is 2.17 bits per heavy atom. The van der Waals surface area contributed by atoms with E-state index in [1.54, 1.807) is 7.05 Å². The molecule has 0 aromatic rings. The summed E-state index contributed by atoms with van der Waals surface area (Å²) in [6, 6.07) is 1.30. The molecule has 2 heterocycles. The van der Waals surface area contributed by atoms with Gasteiger partial charge in [0.15, 0.2) is 0 Å². The van der Waals surface area contributed by atoms with E-state index in [1.807, 2.05) is 7.05 Å². The molecule has 4 nitrogen and oxygen atoms in total. The molecule has 2 aliphatic heterocycles. The van der Waals surface area contributed by atoms with Gasteiger partial charge in [-0.1, -0.05) is 0 Å². The third kappa shape index (κ3) is 0.982. The first-order valence-corrected chi connectivity index (χ1v) is 4.27. The van der Waals surface area contributed by atoms with E-state index in [2.05, 4.69) is 21.8 Å². The molecule has 0 aromatic heterocycles. The van der Waals surface area contributed by atoms with Gasteiger partial charge < -0.3 is 14.5 Å². The van der Waals surface area contributed by atoms with E-state index in [4.69, 9.17) is 4.74 Å². The molecule has 0 aromatic carbocycles. The van der Waals surface area contributed by atoms with E-state index in [1.165, 1.54) is 0 Å². The average molecular weight is 169 g/mol. The summed E-state index contributed by atoms with van der Waals surface area (Å²) >= 11 is 0. The van der Waals surface area contributed by atoms with Crippen LogP contribution in [0.25, 0.3) is 0 Å². The Kier molecular flexibility index (Phi) is 1.72. The van der Waals surface area contributed by atoms with Gasteiger partial charge in [0.25, 0.3) is 6.02 Å². The maximum atomic E-state index is 5.65. The first-order valence-electron chi connectivity index (χ1n) is 4.27. The number of amidine groups is 1. The minimum Gasteiger partial charge on any atom is -0.458 e. The third-order valence-electron chi connectivity index (χ3n) is 2.67. The normalized spacial score (nSPS) is 38.9. The molecule has 2 aliphatic rings. The minimum absolute atomic E-state index is 0.332. The molecule has 2 unspecified atom stereocenters. The van der Waals surface area contributed by atoms with Gasteiger partial charge in [0.1, 0.15) is 6.10 Å². The van der Waals surface area contributed by atoms with Crippen LogP contribution in [0.3, 0.4) is 0 Å². The molecule has 12 heavy (non-hydrogen) atoms. The van der Waals surface area contributed by atoms with Gasteiger partial charge in [0.2, 0.25) is 0 Å². The van der Waals surface area contributed by atoms with E-state index in [-0.39, 0.29) is 0 Å². The second-order valence-electron chi connectivity index (χ2n) is 3.56. The topological polar surface area (TPSA) is 28.1 Å². The van der Waals surface area contributed by atoms with Gasteiger partial charge in [-0.3, -0.25) is 0 Å². The van der Waals surface area contributed by atoms with E-state index in [9.17, 15) is 0 Å². The maximum Gasteiger partial charge on any atom is 0.287 e. The minimum atomic E-state index is 0.332. The second-order valence-corrected chi connectivity index (χ2v) is 3.56. The Balaban J connectivity index is 2.13. The van der Waals surface area contributed by atoms with Gasteiger partial charge in [-0.25, -0.2) is 4.99 Å². The monoisotopic (exact) mass is 169 g/mol. The van der Waals surface area contributed by atoms with Crippen molar-refractivity contribution in [1.82, 2.24) is 9.80 Å². The van der Waals surface area contributed by atoms with Crippen LogP contribution in [0.5, 0.6) is 0 Å². The van der Waals surface area contributed by atoms with Gasteiger partial charge in [-0.2, -0.15) is 0 Å². The molecule has 0 saturated carbocycles. The highest BCUT2D eigenvalue weighted by molar-refractivity contribution is 5.76. The fourth-order valence-corrected chi connectivity index (χ4v) is 2.00. The van der Waals surface area contributed by atoms with Crippen LogP contribution in [0.15, 0.2) is 4.99 Å². The number of rotatable bonds is 0. The predicted octanol–water partition coefficient (Wildman–Crippen LogP) is -0.383. The third-order valence-corrected chi connectivity index (χ3v) is 2.67. The van der Waals surface area contributed by atoms with Crippen LogP contribution in [0.4, 0.5) is 0 Å². The number of fused-ring (bicyclic) bond motifs is 1. The van der Waals surface area contributed by atoms with Crippen molar-refractivity contribution in [2.45, 2.75) is 12.1 Å². The summed E-state index contributed by atoms with van der Waals surface area (Å²) in [5.74, 6) is 0. The zero-order valence-electron chi connectivity index (χ0n) is 7.82. The molecule has 0 spiro atoms. The van der Waals surface area contributed by atoms with Crippen molar-refractivity contribution in [1.29, 1.82) is 0 Å². The molecule has 2 saturated heterocycles. The van der Waals surface area contributed by atoms with Gasteiger partial charge in [-0.15, -0.1) is 0 Å². The highest BCUT2D eigenvalue weighted by atomic mass is 16.5. The van der Waals surface area contributed by atoms with Crippen LogP contribution in [0.2, 0.25) is 0 Å². The van der Waals surface area contributed by atoms with Gasteiger partial charge >= 0.3 is 0 Å². The van der Waals surface area contributed by atoms with Crippen molar-refractivity contribution in [3.63, 3.8) is 0 Å². The van der Waals surface area contributed by atoms with Gasteiger partial charge in [-0.05, 0) is 7.05 Å². The number of aliphatic imine (C=N–C) groups is 1. The van der Waals surface area contributed by atoms with Crippen LogP contribution >= 0.6 is 0 Å². The van der Waals surface area contributed by atoms with Crippen LogP contribution in [-0.4, -0.2) is 62.2 Å². The smallest absolute Gasteiger partial charge is 0.287 e. The number of hydrogen-bond acceptors (Lipinski definition) is 3. The number of nitrogens with zero attached hydrogens (tertiary/aromatic N) is 3. The highest BCUT2D eigenvalue weighted by Gasteiger charge is 2.43. The average Bonchev–Trinajstić information content (AvgIpc) is 2.51. The summed E-state index contributed by atoms with van der Waals surface area (Å²) in [5, 5.41) is 0. The van der Waals surface area contributed by atoms with Crippen molar-refractivity contribution in [2.75, 3.05) is 34.2 Å². The highest BCUT2D eigenvalue weighted by Crippen LogP contribution is 2.24. The Hall–Kier alpha value is -0.770. The standard InChI is InChI=1S/C8H15N3O/c1-9-8-11(3)6-4-10(2)5-7(6)12-8/h6-7H,4-5H2,1-3H3. The summed E-state index contributed by atoms with van der Waals surface area (Å²) in [5.41, 5.74) is 0. The number of likely N-dealkylation sites (N-methyl/N-ethyl adjacent to an activating group) is 2. The molecule has 0 N–H and O–H groups in total. The van der Waals surface area contributed by atoms with Crippen LogP contribution in [0.1, 0.15) is 0 Å². The van der Waals surface area contributed by atoms with Crippen molar-refractivity contribution in [3.8, 4) is 0 Å². The molecule has 68 valence electrons. The quantitative estimate of drug-likeness (QED) is 0.494. The molecule has 0 radical (unpaired) electrons. The fraction of sp³-hybridized carbons (Fsp3) is 0.875. The molecule has 0 amide bonds. The molecule has 2 atom stereocenters. The second kappa shape index (κ2) is 2.62. The summed E-state index contributed by atoms with van der Waals surface area (Å²) in [7, 11) is 5.95. The lowest BCUT2D eigenvalue weighted by molar-refractivity contribution is 0.213. The SMILES string of the molecule is CN=C1OC2CN(C)CC2N1C. The van der Waals surface area contributed by atoms with E-state index in [0.717, 1.165) is 19.1 Å². The molecular weight excluding hydrogens is 154 g/mol. The number of likely N-dealkylation sites (tertiary alicyclic amines) is 1. The zero-order valence-corrected chi connectivity index (χ0v) is 7.82. The van der Waals surface area contributed by atoms with E-state index < -0.39 is 0 Å². The van der Waals surface area contributed by atoms with Crippen molar-refractivity contribution in [3.05, 3.63) is 0 Å². The van der Waals surface area contributed by atoms with E-state index >= 15 is 0 Å². The summed E-state index contributed by atoms with van der Waals surface area (Å²) in [6.07, 6.45) is 0.332. The number of hydrogen-bond donors (Lipinski definition) is 0. The molecule has 0 bridgehead atoms. The summed E-state index contributed by atoms with van der Waals surface area (Å²) in [6.45, 7) is 2.11. The molecule has 4 heteroatoms. The molecule has 2 fully saturated rings. The van der Waals surface area contributed by atoms with Crippen molar-refractivity contribution < 1.29 is 4.74 Å². The Morgan fingerprint density at radius 3 is 2.75 bits per heavy atom. The van der Waals surface area contributed by atoms with Gasteiger partial charge in [0.05, 0.1) is 6.04 Å². The lowest BCUT2D eigenvalue weighted by Gasteiger charge is -2.17. The number of ether oxygens (including phenoxy) is 1. The van der Waals surface area contributed by atoms with Crippen LogP contribution in [0, 0.1) is 0 Å². The zero-order chi connectivity index (χ0) is 8.72. The van der Waals surface area contributed by atoms with Crippen molar-refractivity contribution >= 4 is 6.02 Å². The first-order chi connectivity index (χ1) is 5.72. The maximum absolute atomic E-state index is 5.65. The molecular formula is C8H15N3O. The largest absolute Gasteiger partial charge is 0.458 e. The molecule has 0 aliphatic carbocycles. The lowest BCUT2D eigenvalue weighted by Crippen LogP contribution is -2.34. The van der Waals surface area contributed by atoms with Crippen molar-refractivity contribution in [2.24, 2.45) is 4.99 Å². The van der Waals surface area contributed by atoms with E-state index in [0.29, 0.717) is 12.1 Å². The Labute approximate surface area is 72.8 Å². The first kappa shape index (κ1) is 7.86. The van der Waals surface area contributed by atoms with Gasteiger partial charge in [0, 0.05) is 27.2 Å². The fourth-order valence-electron chi connectivity index (χ4n) is 2.00. The lowest BCUT2D eigenvalue weighted by atomic mass is 10.2. The molecule has 2 rings (SSSR count). The summed E-state index contributed by atoms with van der Waals surface area (Å²) < 4.78 is 5.65.